The minimum Gasteiger partial charge on any atom is -0.481 e. The van der Waals surface area contributed by atoms with E-state index in [9.17, 15) is 14.0 Å². The van der Waals surface area contributed by atoms with Crippen LogP contribution in [0.1, 0.15) is 31.2 Å². The van der Waals surface area contributed by atoms with Crippen LogP contribution in [-0.4, -0.2) is 17.0 Å². The Morgan fingerprint density at radius 3 is 2.67 bits per heavy atom. The van der Waals surface area contributed by atoms with Crippen LogP contribution in [0.4, 0.5) is 10.1 Å². The zero-order valence-corrected chi connectivity index (χ0v) is 11.3. The second-order valence-electron chi connectivity index (χ2n) is 5.19. The van der Waals surface area contributed by atoms with Gasteiger partial charge in [-0.05, 0) is 37.5 Å². The van der Waals surface area contributed by atoms with E-state index in [1.54, 1.807) is 0 Å². The Labute approximate surface area is 121 Å². The van der Waals surface area contributed by atoms with Crippen LogP contribution in [-0.2, 0) is 9.59 Å². The van der Waals surface area contributed by atoms with Gasteiger partial charge in [-0.25, -0.2) is 4.39 Å². The van der Waals surface area contributed by atoms with Gasteiger partial charge in [0.1, 0.15) is 5.82 Å². The third kappa shape index (κ3) is 3.57. The number of nitrogens with zero attached hydrogens (tertiary/aromatic N) is 1. The Kier molecular flexibility index (Phi) is 4.53. The van der Waals surface area contributed by atoms with Crippen LogP contribution in [0.15, 0.2) is 18.2 Å². The minimum atomic E-state index is -0.892. The smallest absolute Gasteiger partial charge is 0.306 e. The topological polar surface area (TPSA) is 90.2 Å². The molecule has 1 amide bonds. The van der Waals surface area contributed by atoms with Crippen molar-refractivity contribution < 1.29 is 19.1 Å². The van der Waals surface area contributed by atoms with Gasteiger partial charge < -0.3 is 10.4 Å². The fourth-order valence-corrected chi connectivity index (χ4v) is 2.57. The maximum atomic E-state index is 13.7. The number of amides is 1. The Morgan fingerprint density at radius 1 is 1.33 bits per heavy atom. The minimum absolute atomic E-state index is 0.0106. The summed E-state index contributed by atoms with van der Waals surface area (Å²) in [5.74, 6) is -2.87. The maximum absolute atomic E-state index is 13.7. The Bertz CT molecular complexity index is 609. The first-order valence-corrected chi connectivity index (χ1v) is 6.74. The molecule has 0 aliphatic heterocycles. The Hall–Kier alpha value is -2.42. The molecule has 0 bridgehead atoms. The van der Waals surface area contributed by atoms with E-state index in [1.165, 1.54) is 12.1 Å². The molecule has 21 heavy (non-hydrogen) atoms. The van der Waals surface area contributed by atoms with Crippen LogP contribution in [0.5, 0.6) is 0 Å². The van der Waals surface area contributed by atoms with Gasteiger partial charge in [0, 0.05) is 5.92 Å². The predicted octanol–water partition coefficient (Wildman–Crippen LogP) is 2.53. The molecule has 2 atom stereocenters. The van der Waals surface area contributed by atoms with E-state index < -0.39 is 23.6 Å². The molecule has 1 aromatic rings. The summed E-state index contributed by atoms with van der Waals surface area (Å²) < 4.78 is 13.7. The number of aliphatic carboxylic acids is 1. The molecule has 2 unspecified atom stereocenters. The van der Waals surface area contributed by atoms with Crippen molar-refractivity contribution in [3.8, 4) is 6.07 Å². The quantitative estimate of drug-likeness (QED) is 0.895. The Balaban J connectivity index is 2.04. The number of carbonyl (C=O) groups excluding carboxylic acids is 1. The number of hydrogen-bond acceptors (Lipinski definition) is 3. The lowest BCUT2D eigenvalue weighted by molar-refractivity contribution is -0.143. The molecule has 0 spiro atoms. The van der Waals surface area contributed by atoms with Crippen LogP contribution in [0, 0.1) is 29.0 Å². The van der Waals surface area contributed by atoms with Gasteiger partial charge in [-0.2, -0.15) is 5.26 Å². The Morgan fingerprint density at radius 2 is 2.05 bits per heavy atom. The fourth-order valence-electron chi connectivity index (χ4n) is 2.57. The number of rotatable bonds is 3. The number of halogens is 1. The molecular formula is C15H15FN2O3. The number of anilines is 1. The first-order chi connectivity index (χ1) is 10.0. The van der Waals surface area contributed by atoms with Crippen LogP contribution in [0.3, 0.4) is 0 Å². The summed E-state index contributed by atoms with van der Waals surface area (Å²) in [5, 5.41) is 20.1. The predicted molar refractivity (Wildman–Crippen MR) is 72.8 cm³/mol. The zero-order chi connectivity index (χ0) is 15.4. The molecule has 1 fully saturated rings. The lowest BCUT2D eigenvalue weighted by Gasteiger charge is -2.25. The normalized spacial score (nSPS) is 21.3. The first-order valence-electron chi connectivity index (χ1n) is 6.74. The van der Waals surface area contributed by atoms with Gasteiger partial charge in [0.2, 0.25) is 5.91 Å². The molecule has 2 N–H and O–H groups in total. The molecular weight excluding hydrogens is 275 g/mol. The van der Waals surface area contributed by atoms with Crippen molar-refractivity contribution in [1.29, 1.82) is 5.26 Å². The van der Waals surface area contributed by atoms with Crippen molar-refractivity contribution in [3.05, 3.63) is 29.6 Å². The zero-order valence-electron chi connectivity index (χ0n) is 11.3. The molecule has 1 aromatic carbocycles. The van der Waals surface area contributed by atoms with E-state index in [1.807, 2.05) is 6.07 Å². The highest BCUT2D eigenvalue weighted by molar-refractivity contribution is 5.93. The third-order valence-electron chi connectivity index (χ3n) is 3.75. The third-order valence-corrected chi connectivity index (χ3v) is 3.75. The van der Waals surface area contributed by atoms with Gasteiger partial charge in [-0.3, -0.25) is 9.59 Å². The SMILES string of the molecule is N#Cc1ccc(NC(=O)C2CCCC(C(=O)O)C2)c(F)c1. The molecule has 1 saturated carbocycles. The van der Waals surface area contributed by atoms with E-state index in [2.05, 4.69) is 5.32 Å². The molecule has 0 radical (unpaired) electrons. The van der Waals surface area contributed by atoms with Crippen molar-refractivity contribution in [3.63, 3.8) is 0 Å². The molecule has 6 heteroatoms. The fraction of sp³-hybridized carbons (Fsp3) is 0.400. The van der Waals surface area contributed by atoms with E-state index in [0.29, 0.717) is 19.3 Å². The van der Waals surface area contributed by atoms with Gasteiger partial charge in [-0.1, -0.05) is 6.42 Å². The molecule has 0 saturated heterocycles. The van der Waals surface area contributed by atoms with Gasteiger partial charge >= 0.3 is 5.97 Å². The molecule has 0 aromatic heterocycles. The molecule has 5 nitrogen and oxygen atoms in total. The van der Waals surface area contributed by atoms with E-state index in [0.717, 1.165) is 6.07 Å². The second kappa shape index (κ2) is 6.35. The summed E-state index contributed by atoms with van der Waals surface area (Å²) in [6, 6.07) is 5.62. The molecule has 1 aliphatic rings. The van der Waals surface area contributed by atoms with Crippen molar-refractivity contribution >= 4 is 17.6 Å². The lowest BCUT2D eigenvalue weighted by Crippen LogP contribution is -2.31. The lowest BCUT2D eigenvalue weighted by atomic mass is 9.81. The van der Waals surface area contributed by atoms with E-state index in [4.69, 9.17) is 10.4 Å². The average Bonchev–Trinajstić information content (AvgIpc) is 2.49. The van der Waals surface area contributed by atoms with E-state index in [-0.39, 0.29) is 23.6 Å². The summed E-state index contributed by atoms with van der Waals surface area (Å²) in [6.07, 6.45) is 2.13. The van der Waals surface area contributed by atoms with Crippen LogP contribution >= 0.6 is 0 Å². The largest absolute Gasteiger partial charge is 0.481 e. The van der Waals surface area contributed by atoms with Crippen molar-refractivity contribution in [2.45, 2.75) is 25.7 Å². The van der Waals surface area contributed by atoms with Crippen LogP contribution < -0.4 is 5.32 Å². The number of carboxylic acids is 1. The molecule has 2 rings (SSSR count). The van der Waals surface area contributed by atoms with Crippen molar-refractivity contribution in [2.24, 2.45) is 11.8 Å². The second-order valence-corrected chi connectivity index (χ2v) is 5.19. The van der Waals surface area contributed by atoms with E-state index >= 15 is 0 Å². The molecule has 110 valence electrons. The number of benzene rings is 1. The number of carbonyl (C=O) groups is 2. The first kappa shape index (κ1) is 15.0. The van der Waals surface area contributed by atoms with Crippen LogP contribution in [0.2, 0.25) is 0 Å². The van der Waals surface area contributed by atoms with Gasteiger partial charge in [-0.15, -0.1) is 0 Å². The number of nitrogens with one attached hydrogen (secondary N) is 1. The van der Waals surface area contributed by atoms with Crippen molar-refractivity contribution in [1.82, 2.24) is 0 Å². The highest BCUT2D eigenvalue weighted by atomic mass is 19.1. The van der Waals surface area contributed by atoms with Crippen molar-refractivity contribution in [2.75, 3.05) is 5.32 Å². The van der Waals surface area contributed by atoms with Crippen LogP contribution in [0.25, 0.3) is 0 Å². The summed E-state index contributed by atoms with van der Waals surface area (Å²) in [4.78, 5) is 23.1. The number of hydrogen-bond donors (Lipinski definition) is 2. The summed E-state index contributed by atoms with van der Waals surface area (Å²) >= 11 is 0. The summed E-state index contributed by atoms with van der Waals surface area (Å²) in [7, 11) is 0. The summed E-state index contributed by atoms with van der Waals surface area (Å²) in [5.41, 5.74) is 0.186. The highest BCUT2D eigenvalue weighted by Crippen LogP contribution is 2.30. The standard InChI is InChI=1S/C15H15FN2O3/c16-12-6-9(8-17)4-5-13(12)18-14(19)10-2-1-3-11(7-10)15(20)21/h4-6,10-11H,1-3,7H2,(H,18,19)(H,20,21). The van der Waals surface area contributed by atoms with Gasteiger partial charge in [0.25, 0.3) is 0 Å². The number of nitriles is 1. The van der Waals surface area contributed by atoms with Gasteiger partial charge in [0.15, 0.2) is 0 Å². The highest BCUT2D eigenvalue weighted by Gasteiger charge is 2.31. The number of carboxylic acid groups (broad SMARTS) is 1. The molecule has 1 aliphatic carbocycles. The molecule has 0 heterocycles. The van der Waals surface area contributed by atoms with Gasteiger partial charge in [0.05, 0.1) is 23.2 Å². The monoisotopic (exact) mass is 290 g/mol. The summed E-state index contributed by atoms with van der Waals surface area (Å²) in [6.45, 7) is 0. The maximum Gasteiger partial charge on any atom is 0.306 e. The average molecular weight is 290 g/mol.